The van der Waals surface area contributed by atoms with E-state index in [1.54, 1.807) is 0 Å². The molecule has 14 heavy (non-hydrogen) atoms. The first-order chi connectivity index (χ1) is 6.60. The van der Waals surface area contributed by atoms with E-state index in [2.05, 4.69) is 5.16 Å². The molecular formula is C11H12N2O. The molecule has 0 saturated heterocycles. The van der Waals surface area contributed by atoms with Crippen molar-refractivity contribution < 1.29 is 5.21 Å². The third kappa shape index (κ3) is 1.74. The molecule has 1 rings (SSSR count). The lowest BCUT2D eigenvalue weighted by Gasteiger charge is -2.07. The van der Waals surface area contributed by atoms with E-state index in [0.29, 0.717) is 0 Å². The number of benzene rings is 1. The lowest BCUT2D eigenvalue weighted by molar-refractivity contribution is 0.320. The largest absolute Gasteiger partial charge is 0.410 e. The summed E-state index contributed by atoms with van der Waals surface area (Å²) in [4.78, 5) is 0. The molecular weight excluding hydrogens is 176 g/mol. The van der Waals surface area contributed by atoms with Crippen molar-refractivity contribution >= 4 is 5.71 Å². The minimum atomic E-state index is 0.0694. The monoisotopic (exact) mass is 188 g/mol. The molecule has 3 nitrogen and oxygen atoms in total. The van der Waals surface area contributed by atoms with Crippen molar-refractivity contribution in [1.82, 2.24) is 0 Å². The van der Waals surface area contributed by atoms with E-state index in [-0.39, 0.29) is 5.71 Å². The Morgan fingerprint density at radius 3 is 2.14 bits per heavy atom. The molecule has 72 valence electrons. The van der Waals surface area contributed by atoms with Crippen molar-refractivity contribution in [2.24, 2.45) is 5.16 Å². The van der Waals surface area contributed by atoms with Gasteiger partial charge in [-0.15, -0.1) is 0 Å². The van der Waals surface area contributed by atoms with Gasteiger partial charge in [0.1, 0.15) is 6.07 Å². The summed E-state index contributed by atoms with van der Waals surface area (Å²) in [6, 6.07) is 5.80. The molecule has 0 bridgehead atoms. The zero-order valence-corrected chi connectivity index (χ0v) is 8.50. The summed E-state index contributed by atoms with van der Waals surface area (Å²) in [5.74, 6) is 0. The summed E-state index contributed by atoms with van der Waals surface area (Å²) in [7, 11) is 0. The molecule has 0 amide bonds. The van der Waals surface area contributed by atoms with Crippen molar-refractivity contribution in [2.45, 2.75) is 20.8 Å². The average Bonchev–Trinajstić information content (AvgIpc) is 2.10. The standard InChI is InChI=1S/C11H12N2O/c1-7-4-8(2)11(9(3)5-7)10(6-12)13-14/h4-5,14H,1-3H3. The van der Waals surface area contributed by atoms with Gasteiger partial charge in [-0.05, 0) is 31.9 Å². The lowest BCUT2D eigenvalue weighted by atomic mass is 9.97. The first-order valence-corrected chi connectivity index (χ1v) is 4.30. The minimum Gasteiger partial charge on any atom is -0.410 e. The van der Waals surface area contributed by atoms with Gasteiger partial charge < -0.3 is 5.21 Å². The molecule has 3 heteroatoms. The molecule has 0 atom stereocenters. The van der Waals surface area contributed by atoms with E-state index in [4.69, 9.17) is 10.5 Å². The minimum absolute atomic E-state index is 0.0694. The summed E-state index contributed by atoms with van der Waals surface area (Å²) in [6.07, 6.45) is 0. The van der Waals surface area contributed by atoms with Crippen LogP contribution in [0.1, 0.15) is 22.3 Å². The van der Waals surface area contributed by atoms with Gasteiger partial charge in [-0.25, -0.2) is 0 Å². The van der Waals surface area contributed by atoms with Crippen LogP contribution in [0.5, 0.6) is 0 Å². The highest BCUT2D eigenvalue weighted by molar-refractivity contribution is 6.13. The topological polar surface area (TPSA) is 56.4 Å². The van der Waals surface area contributed by atoms with E-state index in [9.17, 15) is 0 Å². The van der Waals surface area contributed by atoms with Crippen LogP contribution in [-0.4, -0.2) is 10.9 Å². The number of rotatable bonds is 1. The zero-order valence-electron chi connectivity index (χ0n) is 8.50. The van der Waals surface area contributed by atoms with Crippen molar-refractivity contribution in [3.63, 3.8) is 0 Å². The SMILES string of the molecule is Cc1cc(C)c(C(C#N)=NO)c(C)c1. The van der Waals surface area contributed by atoms with E-state index >= 15 is 0 Å². The van der Waals surface area contributed by atoms with Crippen LogP contribution in [0, 0.1) is 32.1 Å². The van der Waals surface area contributed by atoms with Gasteiger partial charge >= 0.3 is 0 Å². The Morgan fingerprint density at radius 2 is 1.79 bits per heavy atom. The number of hydrogen-bond donors (Lipinski definition) is 1. The molecule has 0 fully saturated rings. The predicted molar refractivity (Wildman–Crippen MR) is 54.6 cm³/mol. The molecule has 1 N–H and O–H groups in total. The molecule has 0 aliphatic carbocycles. The maximum absolute atomic E-state index is 8.76. The van der Waals surface area contributed by atoms with Crippen LogP contribution in [0.4, 0.5) is 0 Å². The zero-order chi connectivity index (χ0) is 10.7. The second-order valence-corrected chi connectivity index (χ2v) is 3.33. The van der Waals surface area contributed by atoms with Crippen LogP contribution in [-0.2, 0) is 0 Å². The van der Waals surface area contributed by atoms with E-state index in [1.165, 1.54) is 0 Å². The molecule has 0 heterocycles. The third-order valence-corrected chi connectivity index (χ3v) is 2.12. The molecule has 0 saturated carbocycles. The highest BCUT2D eigenvalue weighted by Crippen LogP contribution is 2.16. The van der Waals surface area contributed by atoms with Gasteiger partial charge in [-0.1, -0.05) is 22.9 Å². The van der Waals surface area contributed by atoms with Crippen LogP contribution >= 0.6 is 0 Å². The van der Waals surface area contributed by atoms with Crippen LogP contribution < -0.4 is 0 Å². The predicted octanol–water partition coefficient (Wildman–Crippen LogP) is 2.31. The molecule has 1 aromatic rings. The summed E-state index contributed by atoms with van der Waals surface area (Å²) < 4.78 is 0. The van der Waals surface area contributed by atoms with Gasteiger partial charge in [0.15, 0.2) is 5.71 Å². The first kappa shape index (κ1) is 10.3. The highest BCUT2D eigenvalue weighted by Gasteiger charge is 2.10. The van der Waals surface area contributed by atoms with Crippen LogP contribution in [0.3, 0.4) is 0 Å². The second kappa shape index (κ2) is 3.93. The fraction of sp³-hybridized carbons (Fsp3) is 0.273. The molecule has 0 aliphatic heterocycles. The van der Waals surface area contributed by atoms with Crippen molar-refractivity contribution in [1.29, 1.82) is 5.26 Å². The van der Waals surface area contributed by atoms with Crippen molar-refractivity contribution in [2.75, 3.05) is 0 Å². The highest BCUT2D eigenvalue weighted by atomic mass is 16.4. The van der Waals surface area contributed by atoms with Gasteiger partial charge in [0, 0.05) is 5.56 Å². The van der Waals surface area contributed by atoms with Crippen LogP contribution in [0.25, 0.3) is 0 Å². The maximum atomic E-state index is 8.76. The van der Waals surface area contributed by atoms with Crippen molar-refractivity contribution in [3.8, 4) is 6.07 Å². The Labute approximate surface area is 83.3 Å². The Balaban J connectivity index is 3.44. The van der Waals surface area contributed by atoms with Crippen LogP contribution in [0.2, 0.25) is 0 Å². The molecule has 0 spiro atoms. The molecule has 1 aromatic carbocycles. The normalized spacial score (nSPS) is 11.1. The quantitative estimate of drug-likeness (QED) is 0.417. The second-order valence-electron chi connectivity index (χ2n) is 3.33. The average molecular weight is 188 g/mol. The summed E-state index contributed by atoms with van der Waals surface area (Å²) >= 11 is 0. The number of hydrogen-bond acceptors (Lipinski definition) is 3. The molecule has 0 aliphatic rings. The first-order valence-electron chi connectivity index (χ1n) is 4.30. The van der Waals surface area contributed by atoms with Gasteiger partial charge in [-0.2, -0.15) is 5.26 Å². The van der Waals surface area contributed by atoms with E-state index < -0.39 is 0 Å². The fourth-order valence-electron chi connectivity index (χ4n) is 1.68. The Morgan fingerprint density at radius 1 is 1.29 bits per heavy atom. The molecule has 0 aromatic heterocycles. The Bertz CT molecular complexity index is 404. The maximum Gasteiger partial charge on any atom is 0.187 e. The van der Waals surface area contributed by atoms with Crippen LogP contribution in [0.15, 0.2) is 17.3 Å². The van der Waals surface area contributed by atoms with E-state index in [0.717, 1.165) is 22.3 Å². The van der Waals surface area contributed by atoms with Gasteiger partial charge in [-0.3, -0.25) is 0 Å². The van der Waals surface area contributed by atoms with E-state index in [1.807, 2.05) is 39.0 Å². The van der Waals surface area contributed by atoms with Crippen molar-refractivity contribution in [3.05, 3.63) is 34.4 Å². The lowest BCUT2D eigenvalue weighted by Crippen LogP contribution is -2.03. The summed E-state index contributed by atoms with van der Waals surface area (Å²) in [5.41, 5.74) is 3.84. The van der Waals surface area contributed by atoms with Gasteiger partial charge in [0.25, 0.3) is 0 Å². The number of nitrogens with zero attached hydrogens (tertiary/aromatic N) is 2. The van der Waals surface area contributed by atoms with Gasteiger partial charge in [0.2, 0.25) is 0 Å². The summed E-state index contributed by atoms with van der Waals surface area (Å²) in [5, 5.41) is 20.4. The molecule has 0 radical (unpaired) electrons. The van der Waals surface area contributed by atoms with Gasteiger partial charge in [0.05, 0.1) is 0 Å². The number of aryl methyl sites for hydroxylation is 3. The Kier molecular flexibility index (Phi) is 2.88. The number of oxime groups is 1. The fourth-order valence-corrected chi connectivity index (χ4v) is 1.68. The summed E-state index contributed by atoms with van der Waals surface area (Å²) in [6.45, 7) is 5.79. The smallest absolute Gasteiger partial charge is 0.187 e. The molecule has 0 unspecified atom stereocenters. The number of nitriles is 1. The third-order valence-electron chi connectivity index (χ3n) is 2.12. The Hall–Kier alpha value is -1.82.